The number of carboxylic acids is 2. The van der Waals surface area contributed by atoms with Gasteiger partial charge in [0, 0.05) is 0 Å². The first-order valence-corrected chi connectivity index (χ1v) is 11.4. The molecule has 0 bridgehead atoms. The molecule has 0 spiro atoms. The van der Waals surface area contributed by atoms with Crippen molar-refractivity contribution < 1.29 is 45.4 Å². The lowest BCUT2D eigenvalue weighted by Crippen LogP contribution is -2.13. The minimum atomic E-state index is -3.58. The summed E-state index contributed by atoms with van der Waals surface area (Å²) in [6, 6.07) is 5.55. The largest absolute Gasteiger partial charge is 0.478 e. The Morgan fingerprint density at radius 3 is 1.27 bits per heavy atom. The fourth-order valence-electron chi connectivity index (χ4n) is 1.96. The van der Waals surface area contributed by atoms with Crippen molar-refractivity contribution in [3.05, 3.63) is 59.2 Å². The summed E-state index contributed by atoms with van der Waals surface area (Å²) in [5.41, 5.74) is -1.18. The molecule has 0 radical (unpaired) electrons. The number of halogens is 2. The van der Waals surface area contributed by atoms with Crippen LogP contribution in [0.1, 0.15) is 20.7 Å². The number of sulfonamides is 2. The van der Waals surface area contributed by atoms with E-state index in [9.17, 15) is 35.2 Å². The molecule has 2 rings (SSSR count). The van der Waals surface area contributed by atoms with Crippen LogP contribution in [-0.4, -0.2) is 51.5 Å². The third kappa shape index (κ3) is 8.40. The van der Waals surface area contributed by atoms with Crippen molar-refractivity contribution in [2.45, 2.75) is 0 Å². The number of carboxylic acid groups (broad SMARTS) is 2. The summed E-state index contributed by atoms with van der Waals surface area (Å²) in [6.07, 6.45) is 1.75. The van der Waals surface area contributed by atoms with Gasteiger partial charge in [-0.25, -0.2) is 35.2 Å². The molecule has 0 amide bonds. The Kier molecular flexibility index (Phi) is 7.84. The zero-order valence-corrected chi connectivity index (χ0v) is 17.0. The van der Waals surface area contributed by atoms with Crippen molar-refractivity contribution in [2.75, 3.05) is 22.0 Å². The molecule has 4 N–H and O–H groups in total. The molecule has 10 nitrogen and oxygen atoms in total. The fraction of sp³-hybridized carbons (Fsp3) is 0.125. The van der Waals surface area contributed by atoms with Crippen molar-refractivity contribution in [3.8, 4) is 0 Å². The van der Waals surface area contributed by atoms with Crippen molar-refractivity contribution in [1.29, 1.82) is 0 Å². The second-order valence-electron chi connectivity index (χ2n) is 5.74. The molecule has 0 saturated carbocycles. The summed E-state index contributed by atoms with van der Waals surface area (Å²) in [5.74, 6) is -4.29. The Bertz CT molecular complexity index is 1090. The highest BCUT2D eigenvalue weighted by atomic mass is 32.2. The van der Waals surface area contributed by atoms with E-state index in [0.29, 0.717) is 0 Å². The molecule has 2 aromatic carbocycles. The van der Waals surface area contributed by atoms with Gasteiger partial charge in [-0.05, 0) is 36.4 Å². The highest BCUT2D eigenvalue weighted by Gasteiger charge is 2.15. The average molecular weight is 466 g/mol. The second-order valence-corrected chi connectivity index (χ2v) is 9.24. The van der Waals surface area contributed by atoms with Crippen LogP contribution in [0.3, 0.4) is 0 Å². The number of hydrogen-bond donors (Lipinski definition) is 4. The molecule has 0 aliphatic heterocycles. The molecule has 14 heteroatoms. The van der Waals surface area contributed by atoms with Crippen LogP contribution in [0.15, 0.2) is 36.4 Å². The number of carbonyl (C=O) groups is 2. The number of aromatic carboxylic acids is 2. The van der Waals surface area contributed by atoms with E-state index in [1.165, 1.54) is 0 Å². The molecule has 0 aromatic heterocycles. The molecule has 0 atom stereocenters. The van der Waals surface area contributed by atoms with Gasteiger partial charge in [0.25, 0.3) is 0 Å². The van der Waals surface area contributed by atoms with E-state index in [1.54, 1.807) is 0 Å². The third-order valence-corrected chi connectivity index (χ3v) is 4.20. The molecular weight excluding hydrogens is 450 g/mol. The SMILES string of the molecule is CS(=O)(=O)Nc1ccc(F)cc1C(=O)O.CS(=O)(=O)Nc1ccc(F)cc1C(=O)O. The Morgan fingerprint density at radius 1 is 0.733 bits per heavy atom. The van der Waals surface area contributed by atoms with Crippen molar-refractivity contribution in [2.24, 2.45) is 0 Å². The number of nitrogens with one attached hydrogen (secondary N) is 2. The maximum Gasteiger partial charge on any atom is 0.337 e. The summed E-state index contributed by atoms with van der Waals surface area (Å²) >= 11 is 0. The van der Waals surface area contributed by atoms with Gasteiger partial charge < -0.3 is 10.2 Å². The van der Waals surface area contributed by atoms with E-state index in [0.717, 1.165) is 48.9 Å². The van der Waals surface area contributed by atoms with Gasteiger partial charge in [0.05, 0.1) is 35.0 Å². The molecule has 0 aliphatic carbocycles. The van der Waals surface area contributed by atoms with Crippen LogP contribution in [0.5, 0.6) is 0 Å². The van der Waals surface area contributed by atoms with Gasteiger partial charge in [0.2, 0.25) is 20.0 Å². The second kappa shape index (κ2) is 9.49. The summed E-state index contributed by atoms with van der Waals surface area (Å²) in [7, 11) is -7.16. The van der Waals surface area contributed by atoms with Crippen LogP contribution < -0.4 is 9.44 Å². The van der Waals surface area contributed by atoms with E-state index in [2.05, 4.69) is 0 Å². The van der Waals surface area contributed by atoms with Crippen molar-refractivity contribution in [3.63, 3.8) is 0 Å². The maximum atomic E-state index is 12.7. The van der Waals surface area contributed by atoms with Crippen LogP contribution >= 0.6 is 0 Å². The topological polar surface area (TPSA) is 167 Å². The predicted octanol–water partition coefficient (Wildman–Crippen LogP) is 1.79. The number of hydrogen-bond acceptors (Lipinski definition) is 6. The number of benzene rings is 2. The third-order valence-electron chi connectivity index (χ3n) is 3.01. The summed E-state index contributed by atoms with van der Waals surface area (Å²) in [4.78, 5) is 21.3. The lowest BCUT2D eigenvalue weighted by atomic mass is 10.2. The molecule has 0 saturated heterocycles. The molecule has 30 heavy (non-hydrogen) atoms. The number of anilines is 2. The number of rotatable bonds is 6. The quantitative estimate of drug-likeness (QED) is 0.500. The van der Waals surface area contributed by atoms with Gasteiger partial charge in [-0.15, -0.1) is 0 Å². The van der Waals surface area contributed by atoms with Crippen LogP contribution in [0.2, 0.25) is 0 Å². The summed E-state index contributed by atoms with van der Waals surface area (Å²) in [5, 5.41) is 17.4. The highest BCUT2D eigenvalue weighted by Crippen LogP contribution is 2.19. The minimum Gasteiger partial charge on any atom is -0.478 e. The molecule has 164 valence electrons. The van der Waals surface area contributed by atoms with E-state index in [-0.39, 0.29) is 11.4 Å². The Hall–Kier alpha value is -3.26. The molecule has 0 fully saturated rings. The van der Waals surface area contributed by atoms with Gasteiger partial charge in [-0.1, -0.05) is 0 Å². The van der Waals surface area contributed by atoms with Gasteiger partial charge in [-0.3, -0.25) is 9.44 Å². The van der Waals surface area contributed by atoms with Crippen LogP contribution in [0.25, 0.3) is 0 Å². The standard InChI is InChI=1S/2C8H8FNO4S/c2*1-15(13,14)10-7-3-2-5(9)4-6(7)8(11)12/h2*2-4,10H,1H3,(H,11,12). The van der Waals surface area contributed by atoms with Crippen LogP contribution in [0.4, 0.5) is 20.2 Å². The first-order chi connectivity index (χ1) is 13.6. The smallest absolute Gasteiger partial charge is 0.337 e. The van der Waals surface area contributed by atoms with Gasteiger partial charge in [0.15, 0.2) is 0 Å². The summed E-state index contributed by atoms with van der Waals surface area (Å²) < 4.78 is 72.8. The average Bonchev–Trinajstić information content (AvgIpc) is 2.56. The molecule has 0 heterocycles. The zero-order valence-electron chi connectivity index (χ0n) is 15.4. The van der Waals surface area contributed by atoms with Crippen molar-refractivity contribution in [1.82, 2.24) is 0 Å². The molecular formula is C16H16F2N2O8S2. The van der Waals surface area contributed by atoms with E-state index in [4.69, 9.17) is 10.2 Å². The highest BCUT2D eigenvalue weighted by molar-refractivity contribution is 7.92. The summed E-state index contributed by atoms with van der Waals surface area (Å²) in [6.45, 7) is 0. The van der Waals surface area contributed by atoms with Gasteiger partial charge in [-0.2, -0.15) is 0 Å². The molecule has 0 unspecified atom stereocenters. The van der Waals surface area contributed by atoms with E-state index in [1.807, 2.05) is 9.44 Å². The normalized spacial score (nSPS) is 11.1. The predicted molar refractivity (Wildman–Crippen MR) is 104 cm³/mol. The fourth-order valence-corrected chi connectivity index (χ4v) is 3.12. The van der Waals surface area contributed by atoms with E-state index >= 15 is 0 Å². The van der Waals surface area contributed by atoms with Crippen molar-refractivity contribution >= 4 is 43.4 Å². The van der Waals surface area contributed by atoms with Gasteiger partial charge >= 0.3 is 11.9 Å². The van der Waals surface area contributed by atoms with Crippen LogP contribution in [0, 0.1) is 11.6 Å². The van der Waals surface area contributed by atoms with E-state index < -0.39 is 54.7 Å². The minimum absolute atomic E-state index is 0.161. The molecule has 2 aromatic rings. The lowest BCUT2D eigenvalue weighted by Gasteiger charge is -2.07. The lowest BCUT2D eigenvalue weighted by molar-refractivity contribution is 0.0686. The maximum absolute atomic E-state index is 12.7. The monoisotopic (exact) mass is 466 g/mol. The zero-order chi connectivity index (χ0) is 23.3. The first-order valence-electron chi connectivity index (χ1n) is 7.60. The molecule has 0 aliphatic rings. The van der Waals surface area contributed by atoms with Gasteiger partial charge in [0.1, 0.15) is 11.6 Å². The first kappa shape index (κ1) is 24.8. The Balaban J connectivity index is 0.000000300. The Morgan fingerprint density at radius 2 is 1.03 bits per heavy atom. The Labute approximate surface area is 170 Å². The van der Waals surface area contributed by atoms with Crippen LogP contribution in [-0.2, 0) is 20.0 Å².